The third-order valence-electron chi connectivity index (χ3n) is 6.28. The van der Waals surface area contributed by atoms with Gasteiger partial charge in [-0.25, -0.2) is 0 Å². The lowest BCUT2D eigenvalue weighted by atomic mass is 9.97. The lowest BCUT2D eigenvalue weighted by molar-refractivity contribution is 0.0714. The highest BCUT2D eigenvalue weighted by molar-refractivity contribution is 6.31. The molecule has 1 amide bonds. The largest absolute Gasteiger partial charge is 0.490 e. The van der Waals surface area contributed by atoms with Crippen molar-refractivity contribution in [1.82, 2.24) is 4.90 Å². The third-order valence-corrected chi connectivity index (χ3v) is 6.52. The molecule has 1 aliphatic rings. The number of fused-ring (bicyclic) bond motifs is 2. The summed E-state index contributed by atoms with van der Waals surface area (Å²) in [4.78, 5) is 29.1. The number of rotatable bonds is 7. The third kappa shape index (κ3) is 4.22. The van der Waals surface area contributed by atoms with Crippen LogP contribution in [0.1, 0.15) is 52.7 Å². The van der Waals surface area contributed by atoms with Gasteiger partial charge < -0.3 is 18.8 Å². The average Bonchev–Trinajstić information content (AvgIpc) is 3.14. The van der Waals surface area contributed by atoms with Gasteiger partial charge in [0.05, 0.1) is 30.2 Å². The first-order valence-corrected chi connectivity index (χ1v) is 12.3. The Morgan fingerprint density at radius 3 is 2.36 bits per heavy atom. The minimum atomic E-state index is -0.664. The second-order valence-corrected chi connectivity index (χ2v) is 9.14. The van der Waals surface area contributed by atoms with Gasteiger partial charge in [-0.15, -0.1) is 0 Å². The number of amides is 1. The van der Waals surface area contributed by atoms with Gasteiger partial charge in [0, 0.05) is 11.6 Å². The number of carbonyl (C=O) groups is 1. The van der Waals surface area contributed by atoms with Crippen molar-refractivity contribution < 1.29 is 18.7 Å². The van der Waals surface area contributed by atoms with E-state index in [1.54, 1.807) is 23.1 Å². The summed E-state index contributed by atoms with van der Waals surface area (Å²) in [6.07, 6.45) is 0. The molecule has 1 unspecified atom stereocenters. The Hall–Kier alpha value is -3.77. The van der Waals surface area contributed by atoms with Crippen LogP contribution in [0, 0.1) is 6.92 Å². The highest BCUT2D eigenvalue weighted by Gasteiger charge is 2.43. The Bertz CT molecular complexity index is 1510. The summed E-state index contributed by atoms with van der Waals surface area (Å²) < 4.78 is 17.6. The predicted molar refractivity (Wildman–Crippen MR) is 139 cm³/mol. The van der Waals surface area contributed by atoms with Gasteiger partial charge in [-0.1, -0.05) is 47.5 Å². The van der Waals surface area contributed by atoms with Crippen LogP contribution in [0.15, 0.2) is 69.9 Å². The Labute approximate surface area is 214 Å². The van der Waals surface area contributed by atoms with Crippen molar-refractivity contribution in [2.24, 2.45) is 0 Å². The molecule has 1 aromatic heterocycles. The molecule has 0 radical (unpaired) electrons. The summed E-state index contributed by atoms with van der Waals surface area (Å²) >= 11 is 6.19. The van der Waals surface area contributed by atoms with E-state index in [1.807, 2.05) is 63.2 Å². The number of hydrogen-bond acceptors (Lipinski definition) is 5. The van der Waals surface area contributed by atoms with Gasteiger partial charge in [-0.2, -0.15) is 0 Å². The molecule has 2 heterocycles. The summed E-state index contributed by atoms with van der Waals surface area (Å²) in [5.41, 5.74) is 3.16. The summed E-state index contributed by atoms with van der Waals surface area (Å²) in [6.45, 7) is 7.05. The van der Waals surface area contributed by atoms with Crippen LogP contribution in [0.3, 0.4) is 0 Å². The molecular weight excluding hydrogens is 478 g/mol. The van der Waals surface area contributed by atoms with Gasteiger partial charge in [0.15, 0.2) is 16.9 Å². The summed E-state index contributed by atoms with van der Waals surface area (Å²) in [5, 5.41) is 0.763. The van der Waals surface area contributed by atoms with Crippen LogP contribution in [0.25, 0.3) is 11.0 Å². The number of halogens is 1. The number of hydrogen-bond donors (Lipinski definition) is 0. The molecule has 7 heteroatoms. The fourth-order valence-corrected chi connectivity index (χ4v) is 4.80. The second kappa shape index (κ2) is 9.70. The van der Waals surface area contributed by atoms with E-state index in [2.05, 4.69) is 0 Å². The fourth-order valence-electron chi connectivity index (χ4n) is 4.63. The molecule has 3 aromatic carbocycles. The zero-order valence-electron chi connectivity index (χ0n) is 20.3. The Morgan fingerprint density at radius 2 is 1.64 bits per heavy atom. The molecule has 0 bridgehead atoms. The van der Waals surface area contributed by atoms with E-state index < -0.39 is 6.04 Å². The van der Waals surface area contributed by atoms with Crippen LogP contribution in [0.4, 0.5) is 0 Å². The van der Waals surface area contributed by atoms with Crippen LogP contribution in [0.2, 0.25) is 5.02 Å². The number of aryl methyl sites for hydroxylation is 1. The highest BCUT2D eigenvalue weighted by Crippen LogP contribution is 2.42. The number of carbonyl (C=O) groups excluding carboxylic acids is 1. The number of nitrogens with zero attached hydrogens (tertiary/aromatic N) is 1. The van der Waals surface area contributed by atoms with E-state index in [9.17, 15) is 9.59 Å². The molecule has 1 atom stereocenters. The molecule has 6 nitrogen and oxygen atoms in total. The smallest absolute Gasteiger partial charge is 0.291 e. The van der Waals surface area contributed by atoms with Crippen molar-refractivity contribution in [2.45, 2.75) is 33.4 Å². The minimum Gasteiger partial charge on any atom is -0.490 e. The standard InChI is InChI=1S/C29H26ClNO5/c1-4-34-23-12-10-19(14-24(23)35-5-2)26-25-27(32)21-15-20(30)11-13-22(21)36-28(25)29(33)31(26)16-18-8-6-17(3)7-9-18/h6-15,26H,4-5,16H2,1-3H3. The van der Waals surface area contributed by atoms with E-state index in [1.165, 1.54) is 0 Å². The number of benzene rings is 3. The van der Waals surface area contributed by atoms with Crippen molar-refractivity contribution in [2.75, 3.05) is 13.2 Å². The van der Waals surface area contributed by atoms with Gasteiger partial charge >= 0.3 is 0 Å². The van der Waals surface area contributed by atoms with Crippen LogP contribution in [-0.2, 0) is 6.54 Å². The van der Waals surface area contributed by atoms with Crippen molar-refractivity contribution in [3.05, 3.63) is 104 Å². The Balaban J connectivity index is 1.71. The first-order chi connectivity index (χ1) is 17.4. The quantitative estimate of drug-likeness (QED) is 0.296. The predicted octanol–water partition coefficient (Wildman–Crippen LogP) is 6.30. The Morgan fingerprint density at radius 1 is 0.917 bits per heavy atom. The first-order valence-electron chi connectivity index (χ1n) is 11.9. The first kappa shape index (κ1) is 23.9. The van der Waals surface area contributed by atoms with Crippen LogP contribution in [0.5, 0.6) is 11.5 Å². The zero-order chi connectivity index (χ0) is 25.4. The summed E-state index contributed by atoms with van der Waals surface area (Å²) in [7, 11) is 0. The molecule has 0 aliphatic carbocycles. The Kier molecular flexibility index (Phi) is 6.46. The molecule has 36 heavy (non-hydrogen) atoms. The molecular formula is C29H26ClNO5. The molecule has 1 aliphatic heterocycles. The molecule has 184 valence electrons. The van der Waals surface area contributed by atoms with Crippen molar-refractivity contribution in [3.63, 3.8) is 0 Å². The van der Waals surface area contributed by atoms with E-state index >= 15 is 0 Å². The average molecular weight is 504 g/mol. The van der Waals surface area contributed by atoms with Crippen LogP contribution in [-0.4, -0.2) is 24.0 Å². The fraction of sp³-hybridized carbons (Fsp3) is 0.241. The SMILES string of the molecule is CCOc1ccc(C2c3c(oc4ccc(Cl)cc4c3=O)C(=O)N2Cc2ccc(C)cc2)cc1OCC. The maximum Gasteiger partial charge on any atom is 0.291 e. The van der Waals surface area contributed by atoms with Crippen LogP contribution < -0.4 is 14.9 Å². The summed E-state index contributed by atoms with van der Waals surface area (Å²) in [6, 6.07) is 17.7. The van der Waals surface area contributed by atoms with E-state index in [-0.39, 0.29) is 17.1 Å². The van der Waals surface area contributed by atoms with Gasteiger partial charge in [-0.05, 0) is 62.2 Å². The molecule has 0 fully saturated rings. The molecule has 0 N–H and O–H groups in total. The second-order valence-electron chi connectivity index (χ2n) is 8.71. The molecule has 0 spiro atoms. The maximum absolute atomic E-state index is 13.8. The summed E-state index contributed by atoms with van der Waals surface area (Å²) in [5.74, 6) is 0.881. The van der Waals surface area contributed by atoms with Crippen molar-refractivity contribution in [3.8, 4) is 11.5 Å². The van der Waals surface area contributed by atoms with Crippen LogP contribution >= 0.6 is 11.6 Å². The molecule has 0 saturated carbocycles. The van der Waals surface area contributed by atoms with Crippen molar-refractivity contribution >= 4 is 28.5 Å². The highest BCUT2D eigenvalue weighted by atomic mass is 35.5. The lowest BCUT2D eigenvalue weighted by Gasteiger charge is -2.26. The van der Waals surface area contributed by atoms with Crippen molar-refractivity contribution in [1.29, 1.82) is 0 Å². The molecule has 4 aromatic rings. The monoisotopic (exact) mass is 503 g/mol. The lowest BCUT2D eigenvalue weighted by Crippen LogP contribution is -2.29. The van der Waals surface area contributed by atoms with Gasteiger partial charge in [-0.3, -0.25) is 9.59 Å². The van der Waals surface area contributed by atoms with E-state index in [0.717, 1.165) is 16.7 Å². The minimum absolute atomic E-state index is 0.0544. The van der Waals surface area contributed by atoms with Gasteiger partial charge in [0.1, 0.15) is 5.58 Å². The maximum atomic E-state index is 13.8. The molecule has 0 saturated heterocycles. The normalized spacial score (nSPS) is 14.8. The number of ether oxygens (including phenoxy) is 2. The zero-order valence-corrected chi connectivity index (χ0v) is 21.1. The van der Waals surface area contributed by atoms with E-state index in [0.29, 0.717) is 52.8 Å². The van der Waals surface area contributed by atoms with E-state index in [4.69, 9.17) is 25.5 Å². The van der Waals surface area contributed by atoms with Gasteiger partial charge in [0.25, 0.3) is 5.91 Å². The molecule has 5 rings (SSSR count). The van der Waals surface area contributed by atoms with Gasteiger partial charge in [0.2, 0.25) is 5.76 Å². The topological polar surface area (TPSA) is 69.0 Å².